The number of carbonyl (C=O) groups excluding carboxylic acids is 2. The SMILES string of the molecule is CSC(=O)[C@H]1C[C@H](NC(=O)OC(C)(C)C)Cc2ccc(-c3ccccc3)cc21. The fourth-order valence-electron chi connectivity index (χ4n) is 3.63. The second-order valence-electron chi connectivity index (χ2n) is 8.14. The minimum absolute atomic E-state index is 0.119. The Balaban J connectivity index is 1.87. The molecule has 0 bridgehead atoms. The Morgan fingerprint density at radius 1 is 1.07 bits per heavy atom. The van der Waals surface area contributed by atoms with Gasteiger partial charge in [0.25, 0.3) is 0 Å². The summed E-state index contributed by atoms with van der Waals surface area (Å²) in [6, 6.07) is 16.4. The van der Waals surface area contributed by atoms with E-state index in [0.717, 1.165) is 22.3 Å². The number of amides is 1. The molecule has 0 heterocycles. The average molecular weight is 398 g/mol. The highest BCUT2D eigenvalue weighted by Crippen LogP contribution is 2.37. The van der Waals surface area contributed by atoms with Crippen molar-refractivity contribution < 1.29 is 14.3 Å². The number of nitrogens with one attached hydrogen (secondary N) is 1. The third kappa shape index (κ3) is 4.96. The van der Waals surface area contributed by atoms with Gasteiger partial charge in [-0.25, -0.2) is 4.79 Å². The number of ether oxygens (including phenoxy) is 1. The van der Waals surface area contributed by atoms with Crippen molar-refractivity contribution in [2.45, 2.75) is 51.2 Å². The predicted octanol–water partition coefficient (Wildman–Crippen LogP) is 5.17. The maximum atomic E-state index is 12.7. The van der Waals surface area contributed by atoms with Crippen LogP contribution in [0.2, 0.25) is 0 Å². The van der Waals surface area contributed by atoms with E-state index in [9.17, 15) is 9.59 Å². The summed E-state index contributed by atoms with van der Waals surface area (Å²) in [6.07, 6.45) is 2.66. The first-order valence-corrected chi connectivity index (χ1v) is 10.7. The zero-order valence-corrected chi connectivity index (χ0v) is 17.6. The van der Waals surface area contributed by atoms with Gasteiger partial charge in [0.15, 0.2) is 5.12 Å². The molecule has 3 rings (SSSR count). The number of hydrogen-bond donors (Lipinski definition) is 1. The Morgan fingerprint density at radius 3 is 2.43 bits per heavy atom. The summed E-state index contributed by atoms with van der Waals surface area (Å²) in [5.41, 5.74) is 3.88. The molecule has 0 radical (unpaired) electrons. The van der Waals surface area contributed by atoms with E-state index in [0.29, 0.717) is 12.8 Å². The van der Waals surface area contributed by atoms with E-state index in [-0.39, 0.29) is 17.1 Å². The predicted molar refractivity (Wildman–Crippen MR) is 115 cm³/mol. The molecule has 0 fully saturated rings. The molecule has 0 aliphatic heterocycles. The van der Waals surface area contributed by atoms with Crippen molar-refractivity contribution in [1.82, 2.24) is 5.32 Å². The second-order valence-corrected chi connectivity index (χ2v) is 8.95. The summed E-state index contributed by atoms with van der Waals surface area (Å²) in [5.74, 6) is -0.234. The lowest BCUT2D eigenvalue weighted by atomic mass is 9.79. The van der Waals surface area contributed by atoms with Crippen LogP contribution in [0.3, 0.4) is 0 Å². The number of benzene rings is 2. The van der Waals surface area contributed by atoms with Crippen molar-refractivity contribution in [3.05, 3.63) is 59.7 Å². The van der Waals surface area contributed by atoms with Crippen LogP contribution in [0.25, 0.3) is 11.1 Å². The van der Waals surface area contributed by atoms with Crippen molar-refractivity contribution in [2.24, 2.45) is 0 Å². The van der Waals surface area contributed by atoms with Crippen LogP contribution in [-0.4, -0.2) is 29.1 Å². The molecule has 1 aliphatic carbocycles. The van der Waals surface area contributed by atoms with E-state index in [2.05, 4.69) is 35.6 Å². The molecule has 0 saturated heterocycles. The number of carbonyl (C=O) groups is 2. The zero-order valence-electron chi connectivity index (χ0n) is 16.8. The van der Waals surface area contributed by atoms with Gasteiger partial charge in [0.05, 0.1) is 5.92 Å². The molecule has 2 aromatic rings. The minimum Gasteiger partial charge on any atom is -0.444 e. The van der Waals surface area contributed by atoms with Gasteiger partial charge in [-0.05, 0) is 62.1 Å². The fourth-order valence-corrected chi connectivity index (χ4v) is 4.13. The number of hydrogen-bond acceptors (Lipinski definition) is 4. The standard InChI is InChI=1S/C23H27NO3S/c1-23(2,3)27-22(26)24-18-12-17-11-10-16(15-8-6-5-7-9-15)13-19(17)20(14-18)21(25)28-4/h5-11,13,18,20H,12,14H2,1-4H3,(H,24,26)/t18-,20+/m1/s1. The average Bonchev–Trinajstić information content (AvgIpc) is 2.65. The number of alkyl carbamates (subject to hydrolysis) is 1. The first-order chi connectivity index (χ1) is 13.3. The summed E-state index contributed by atoms with van der Waals surface area (Å²) in [6.45, 7) is 5.52. The summed E-state index contributed by atoms with van der Waals surface area (Å²) in [7, 11) is 0. The second kappa shape index (κ2) is 8.39. The van der Waals surface area contributed by atoms with Gasteiger partial charge < -0.3 is 10.1 Å². The number of rotatable bonds is 3. The molecule has 1 aliphatic rings. The van der Waals surface area contributed by atoms with Gasteiger partial charge in [-0.1, -0.05) is 60.3 Å². The van der Waals surface area contributed by atoms with Crippen LogP contribution >= 0.6 is 11.8 Å². The van der Waals surface area contributed by atoms with Crippen LogP contribution in [-0.2, 0) is 16.0 Å². The first kappa shape index (κ1) is 20.5. The Hall–Kier alpha value is -2.27. The summed E-state index contributed by atoms with van der Waals surface area (Å²) >= 11 is 1.24. The summed E-state index contributed by atoms with van der Waals surface area (Å²) in [4.78, 5) is 24.9. The maximum Gasteiger partial charge on any atom is 0.407 e. The largest absolute Gasteiger partial charge is 0.444 e. The van der Waals surface area contributed by atoms with Gasteiger partial charge in [-0.15, -0.1) is 0 Å². The van der Waals surface area contributed by atoms with E-state index in [4.69, 9.17) is 4.74 Å². The lowest BCUT2D eigenvalue weighted by Gasteiger charge is -2.32. The highest BCUT2D eigenvalue weighted by molar-refractivity contribution is 8.13. The summed E-state index contributed by atoms with van der Waals surface area (Å²) in [5, 5.41) is 3.08. The maximum absolute atomic E-state index is 12.7. The van der Waals surface area contributed by atoms with Crippen LogP contribution in [0.15, 0.2) is 48.5 Å². The fraction of sp³-hybridized carbons (Fsp3) is 0.391. The lowest BCUT2D eigenvalue weighted by molar-refractivity contribution is -0.112. The van der Waals surface area contributed by atoms with Crippen molar-refractivity contribution >= 4 is 23.0 Å². The molecule has 0 unspecified atom stereocenters. The topological polar surface area (TPSA) is 55.4 Å². The molecule has 0 spiro atoms. The molecular formula is C23H27NO3S. The summed E-state index contributed by atoms with van der Waals surface area (Å²) < 4.78 is 5.39. The van der Waals surface area contributed by atoms with Crippen LogP contribution in [0.5, 0.6) is 0 Å². The number of thioether (sulfide) groups is 1. The zero-order chi connectivity index (χ0) is 20.3. The Labute approximate surface area is 171 Å². The quantitative estimate of drug-likeness (QED) is 0.777. The van der Waals surface area contributed by atoms with Crippen LogP contribution in [0.1, 0.15) is 44.2 Å². The third-order valence-electron chi connectivity index (χ3n) is 4.82. The Bertz CT molecular complexity index is 858. The van der Waals surface area contributed by atoms with Gasteiger partial charge in [0.2, 0.25) is 0 Å². The van der Waals surface area contributed by atoms with Gasteiger partial charge in [0.1, 0.15) is 5.60 Å². The molecule has 0 saturated carbocycles. The monoisotopic (exact) mass is 397 g/mol. The molecule has 28 heavy (non-hydrogen) atoms. The molecule has 2 atom stereocenters. The smallest absolute Gasteiger partial charge is 0.407 e. The highest BCUT2D eigenvalue weighted by atomic mass is 32.2. The van der Waals surface area contributed by atoms with Crippen molar-refractivity contribution in [3.8, 4) is 11.1 Å². The van der Waals surface area contributed by atoms with E-state index in [1.54, 1.807) is 0 Å². The molecular weight excluding hydrogens is 370 g/mol. The lowest BCUT2D eigenvalue weighted by Crippen LogP contribution is -2.43. The van der Waals surface area contributed by atoms with Gasteiger partial charge in [-0.2, -0.15) is 0 Å². The Morgan fingerprint density at radius 2 is 1.79 bits per heavy atom. The van der Waals surface area contributed by atoms with E-state index in [1.807, 2.05) is 45.2 Å². The van der Waals surface area contributed by atoms with Crippen molar-refractivity contribution in [3.63, 3.8) is 0 Å². The Kier molecular flexibility index (Phi) is 6.14. The van der Waals surface area contributed by atoms with Crippen LogP contribution in [0.4, 0.5) is 4.79 Å². The first-order valence-electron chi connectivity index (χ1n) is 9.52. The highest BCUT2D eigenvalue weighted by Gasteiger charge is 2.33. The minimum atomic E-state index is -0.546. The molecule has 2 aromatic carbocycles. The van der Waals surface area contributed by atoms with Gasteiger partial charge in [0, 0.05) is 6.04 Å². The molecule has 5 heteroatoms. The van der Waals surface area contributed by atoms with Crippen molar-refractivity contribution in [2.75, 3.05) is 6.26 Å². The van der Waals surface area contributed by atoms with Crippen LogP contribution < -0.4 is 5.32 Å². The van der Waals surface area contributed by atoms with E-state index in [1.165, 1.54) is 11.8 Å². The van der Waals surface area contributed by atoms with Gasteiger partial charge >= 0.3 is 6.09 Å². The van der Waals surface area contributed by atoms with Crippen LogP contribution in [0, 0.1) is 0 Å². The molecule has 1 N–H and O–H groups in total. The third-order valence-corrected chi connectivity index (χ3v) is 5.51. The van der Waals surface area contributed by atoms with Crippen molar-refractivity contribution in [1.29, 1.82) is 0 Å². The van der Waals surface area contributed by atoms with E-state index >= 15 is 0 Å². The molecule has 1 amide bonds. The van der Waals surface area contributed by atoms with Gasteiger partial charge in [-0.3, -0.25) is 4.79 Å². The van der Waals surface area contributed by atoms with E-state index < -0.39 is 11.7 Å². The number of fused-ring (bicyclic) bond motifs is 1. The molecule has 4 nitrogen and oxygen atoms in total. The molecule has 148 valence electrons. The normalized spacial score (nSPS) is 18.9. The molecule has 0 aromatic heterocycles.